The van der Waals surface area contributed by atoms with Crippen molar-refractivity contribution in [1.82, 2.24) is 10.2 Å². The number of β-amino-alcohol motifs (C(OH)–C–C–N with tert-alkyl or cyclic N) is 1. The summed E-state index contributed by atoms with van der Waals surface area (Å²) < 4.78 is 0. The molecule has 1 fully saturated rings. The van der Waals surface area contributed by atoms with E-state index in [-0.39, 0.29) is 5.54 Å². The number of hydrogen-bond donors (Lipinski definition) is 2. The van der Waals surface area contributed by atoms with E-state index in [1.807, 2.05) is 6.92 Å². The molecule has 1 unspecified atom stereocenters. The Balaban J connectivity index is 2.07. The Morgan fingerprint density at radius 3 is 2.53 bits per heavy atom. The zero-order valence-electron chi connectivity index (χ0n) is 10.6. The van der Waals surface area contributed by atoms with Crippen LogP contribution in [0.2, 0.25) is 0 Å². The van der Waals surface area contributed by atoms with Gasteiger partial charge in [0.1, 0.15) is 0 Å². The average Bonchev–Trinajstić information content (AvgIpc) is 2.38. The number of nitrogens with zero attached hydrogens (tertiary/aromatic N) is 1. The van der Waals surface area contributed by atoms with Crippen molar-refractivity contribution in [1.29, 1.82) is 0 Å². The van der Waals surface area contributed by atoms with E-state index in [4.69, 9.17) is 0 Å². The van der Waals surface area contributed by atoms with Crippen LogP contribution in [0.1, 0.15) is 40.5 Å². The van der Waals surface area contributed by atoms with Crippen LogP contribution in [-0.2, 0) is 0 Å². The lowest BCUT2D eigenvalue weighted by Gasteiger charge is -2.22. The molecule has 0 aliphatic carbocycles. The smallest absolute Gasteiger partial charge is 0.0758 e. The topological polar surface area (TPSA) is 35.5 Å². The Morgan fingerprint density at radius 2 is 2.07 bits per heavy atom. The summed E-state index contributed by atoms with van der Waals surface area (Å²) in [7, 11) is 0. The minimum absolute atomic E-state index is 0.219. The highest BCUT2D eigenvalue weighted by Gasteiger charge is 2.30. The second-order valence-corrected chi connectivity index (χ2v) is 6.05. The number of rotatable bonds is 4. The van der Waals surface area contributed by atoms with Gasteiger partial charge in [-0.1, -0.05) is 0 Å². The molecule has 1 rings (SSSR count). The molecule has 0 aromatic rings. The van der Waals surface area contributed by atoms with E-state index in [9.17, 15) is 5.11 Å². The third-order valence-electron chi connectivity index (χ3n) is 2.84. The Kier molecular flexibility index (Phi) is 4.15. The van der Waals surface area contributed by atoms with Gasteiger partial charge in [-0.25, -0.2) is 0 Å². The van der Waals surface area contributed by atoms with Crippen molar-refractivity contribution in [3.8, 4) is 0 Å². The lowest BCUT2D eigenvalue weighted by atomic mass is 10.1. The van der Waals surface area contributed by atoms with Gasteiger partial charge in [0.25, 0.3) is 0 Å². The molecule has 1 aliphatic heterocycles. The first kappa shape index (κ1) is 12.9. The van der Waals surface area contributed by atoms with Gasteiger partial charge in [-0.15, -0.1) is 0 Å². The summed E-state index contributed by atoms with van der Waals surface area (Å²) in [6, 6.07) is 0. The molecule has 15 heavy (non-hydrogen) atoms. The van der Waals surface area contributed by atoms with Gasteiger partial charge in [-0.05, 0) is 53.6 Å². The third-order valence-corrected chi connectivity index (χ3v) is 2.84. The van der Waals surface area contributed by atoms with Crippen molar-refractivity contribution >= 4 is 0 Å². The molecule has 0 aromatic heterocycles. The quantitative estimate of drug-likeness (QED) is 0.691. The van der Waals surface area contributed by atoms with Crippen LogP contribution >= 0.6 is 0 Å². The van der Waals surface area contributed by atoms with Gasteiger partial charge in [0, 0.05) is 18.6 Å². The lowest BCUT2D eigenvalue weighted by Crippen LogP contribution is -2.38. The molecular formula is C12H26N2O. The van der Waals surface area contributed by atoms with Crippen LogP contribution in [0.3, 0.4) is 0 Å². The molecule has 3 heteroatoms. The van der Waals surface area contributed by atoms with Crippen molar-refractivity contribution in [3.05, 3.63) is 0 Å². The maximum atomic E-state index is 9.79. The van der Waals surface area contributed by atoms with Crippen LogP contribution in [0.5, 0.6) is 0 Å². The van der Waals surface area contributed by atoms with Gasteiger partial charge in [0.05, 0.1) is 5.60 Å². The van der Waals surface area contributed by atoms with Crippen LogP contribution in [0.4, 0.5) is 0 Å². The van der Waals surface area contributed by atoms with Crippen LogP contribution in [0.15, 0.2) is 0 Å². The molecule has 0 aromatic carbocycles. The van der Waals surface area contributed by atoms with Crippen LogP contribution in [-0.4, -0.2) is 47.3 Å². The molecule has 1 heterocycles. The normalized spacial score (nSPS) is 28.6. The lowest BCUT2D eigenvalue weighted by molar-refractivity contribution is 0.0686. The highest BCUT2D eigenvalue weighted by molar-refractivity contribution is 4.85. The number of hydrogen-bond acceptors (Lipinski definition) is 3. The fraction of sp³-hybridized carbons (Fsp3) is 1.00. The molecule has 2 N–H and O–H groups in total. The molecular weight excluding hydrogens is 188 g/mol. The summed E-state index contributed by atoms with van der Waals surface area (Å²) in [5.41, 5.74) is -0.228. The molecule has 90 valence electrons. The van der Waals surface area contributed by atoms with Crippen molar-refractivity contribution in [2.24, 2.45) is 0 Å². The minimum atomic E-state index is -0.447. The average molecular weight is 214 g/mol. The Bertz CT molecular complexity index is 196. The molecule has 0 radical (unpaired) electrons. The first-order chi connectivity index (χ1) is 6.79. The second kappa shape index (κ2) is 4.81. The van der Waals surface area contributed by atoms with Crippen molar-refractivity contribution in [2.75, 3.05) is 26.2 Å². The van der Waals surface area contributed by atoms with E-state index in [1.165, 1.54) is 0 Å². The third kappa shape index (κ3) is 5.50. The largest absolute Gasteiger partial charge is 0.389 e. The Labute approximate surface area is 93.9 Å². The van der Waals surface area contributed by atoms with E-state index < -0.39 is 5.60 Å². The van der Waals surface area contributed by atoms with Gasteiger partial charge in [-0.2, -0.15) is 0 Å². The van der Waals surface area contributed by atoms with Gasteiger partial charge >= 0.3 is 0 Å². The molecule has 1 atom stereocenters. The summed E-state index contributed by atoms with van der Waals surface area (Å²) in [6.45, 7) is 12.5. The predicted molar refractivity (Wildman–Crippen MR) is 64.1 cm³/mol. The summed E-state index contributed by atoms with van der Waals surface area (Å²) in [5.74, 6) is 0. The fourth-order valence-electron chi connectivity index (χ4n) is 2.00. The maximum Gasteiger partial charge on any atom is 0.0758 e. The molecule has 3 nitrogen and oxygen atoms in total. The summed E-state index contributed by atoms with van der Waals surface area (Å²) >= 11 is 0. The second-order valence-electron chi connectivity index (χ2n) is 6.05. The van der Waals surface area contributed by atoms with E-state index in [1.54, 1.807) is 0 Å². The maximum absolute atomic E-state index is 9.79. The summed E-state index contributed by atoms with van der Waals surface area (Å²) in [5, 5.41) is 13.3. The van der Waals surface area contributed by atoms with E-state index >= 15 is 0 Å². The highest BCUT2D eigenvalue weighted by atomic mass is 16.3. The van der Waals surface area contributed by atoms with Gasteiger partial charge in [-0.3, -0.25) is 0 Å². The molecule has 1 saturated heterocycles. The zero-order chi connectivity index (χ0) is 11.5. The van der Waals surface area contributed by atoms with E-state index in [2.05, 4.69) is 31.0 Å². The van der Waals surface area contributed by atoms with Crippen LogP contribution in [0.25, 0.3) is 0 Å². The van der Waals surface area contributed by atoms with Crippen molar-refractivity contribution < 1.29 is 5.11 Å². The van der Waals surface area contributed by atoms with Crippen molar-refractivity contribution in [3.63, 3.8) is 0 Å². The molecule has 0 bridgehead atoms. The fourth-order valence-corrected chi connectivity index (χ4v) is 2.00. The van der Waals surface area contributed by atoms with Crippen LogP contribution < -0.4 is 5.32 Å². The molecule has 0 spiro atoms. The van der Waals surface area contributed by atoms with Crippen LogP contribution in [0, 0.1) is 0 Å². The molecule has 0 amide bonds. The predicted octanol–water partition coefficient (Wildman–Crippen LogP) is 1.22. The van der Waals surface area contributed by atoms with Gasteiger partial charge < -0.3 is 15.3 Å². The van der Waals surface area contributed by atoms with E-state index in [0.29, 0.717) is 0 Å². The minimum Gasteiger partial charge on any atom is -0.389 e. The van der Waals surface area contributed by atoms with Gasteiger partial charge in [0.15, 0.2) is 0 Å². The number of likely N-dealkylation sites (tertiary alicyclic amines) is 1. The first-order valence-electron chi connectivity index (χ1n) is 5.98. The van der Waals surface area contributed by atoms with E-state index in [0.717, 1.165) is 39.0 Å². The SMILES string of the molecule is CC1(O)CCN(CCCNC(C)(C)C)C1. The summed E-state index contributed by atoms with van der Waals surface area (Å²) in [6.07, 6.45) is 2.08. The monoisotopic (exact) mass is 214 g/mol. The standard InChI is InChI=1S/C12H26N2O/c1-11(2,3)13-7-5-8-14-9-6-12(4,15)10-14/h13,15H,5-10H2,1-4H3. The summed E-state index contributed by atoms with van der Waals surface area (Å²) in [4.78, 5) is 2.35. The zero-order valence-corrected chi connectivity index (χ0v) is 10.6. The highest BCUT2D eigenvalue weighted by Crippen LogP contribution is 2.19. The first-order valence-corrected chi connectivity index (χ1v) is 5.98. The van der Waals surface area contributed by atoms with Gasteiger partial charge in [0.2, 0.25) is 0 Å². The number of aliphatic hydroxyl groups is 1. The van der Waals surface area contributed by atoms with Crippen molar-refractivity contribution in [2.45, 2.75) is 51.7 Å². The molecule has 1 aliphatic rings. The Morgan fingerprint density at radius 1 is 1.40 bits per heavy atom. The number of nitrogens with one attached hydrogen (secondary N) is 1. The molecule has 0 saturated carbocycles. The Hall–Kier alpha value is -0.120.